The summed E-state index contributed by atoms with van der Waals surface area (Å²) in [5.74, 6) is 0.110. The van der Waals surface area contributed by atoms with E-state index in [-0.39, 0.29) is 11.9 Å². The van der Waals surface area contributed by atoms with E-state index in [0.717, 1.165) is 50.3 Å². The van der Waals surface area contributed by atoms with Gasteiger partial charge >= 0.3 is 0 Å². The number of nitrogens with one attached hydrogen (secondary N) is 1. The Balaban J connectivity index is 2.18. The van der Waals surface area contributed by atoms with Crippen molar-refractivity contribution in [2.24, 2.45) is 0 Å². The topological polar surface area (TPSA) is 48.5 Å². The Labute approximate surface area is 127 Å². The highest BCUT2D eigenvalue weighted by atomic mass is 16.2. The van der Waals surface area contributed by atoms with E-state index in [9.17, 15) is 4.79 Å². The molecule has 5 heteroatoms. The van der Waals surface area contributed by atoms with Gasteiger partial charge in [0.05, 0.1) is 17.4 Å². The van der Waals surface area contributed by atoms with E-state index in [4.69, 9.17) is 0 Å². The number of anilines is 1. The van der Waals surface area contributed by atoms with E-state index in [1.165, 1.54) is 0 Å². The maximum Gasteiger partial charge on any atom is 0.256 e. The molecule has 116 valence electrons. The highest BCUT2D eigenvalue weighted by molar-refractivity contribution is 5.99. The van der Waals surface area contributed by atoms with Crippen LogP contribution in [0, 0.1) is 0 Å². The summed E-state index contributed by atoms with van der Waals surface area (Å²) in [7, 11) is 2.12. The van der Waals surface area contributed by atoms with E-state index in [2.05, 4.69) is 36.1 Å². The Hall–Kier alpha value is -1.62. The van der Waals surface area contributed by atoms with Crippen molar-refractivity contribution in [2.75, 3.05) is 38.5 Å². The molecule has 1 saturated heterocycles. The average Bonchev–Trinajstić information content (AvgIpc) is 2.65. The molecule has 1 N–H and O–H groups in total. The summed E-state index contributed by atoms with van der Waals surface area (Å²) in [5.41, 5.74) is 1.57. The maximum atomic E-state index is 12.9. The summed E-state index contributed by atoms with van der Waals surface area (Å²) in [6.07, 6.45) is 5.49. The smallest absolute Gasteiger partial charge is 0.256 e. The highest BCUT2D eigenvalue weighted by Gasteiger charge is 2.26. The fourth-order valence-corrected chi connectivity index (χ4v) is 2.81. The lowest BCUT2D eigenvalue weighted by atomic mass is 10.1. The van der Waals surface area contributed by atoms with Gasteiger partial charge in [-0.1, -0.05) is 6.92 Å². The summed E-state index contributed by atoms with van der Waals surface area (Å²) in [6.45, 7) is 7.88. The van der Waals surface area contributed by atoms with Gasteiger partial charge in [-0.2, -0.15) is 0 Å². The SMILES string of the molecule is CCCNc1cnccc1C(=O)N1CCCN(C)CC1C. The fourth-order valence-electron chi connectivity index (χ4n) is 2.81. The first-order valence-electron chi connectivity index (χ1n) is 7.81. The van der Waals surface area contributed by atoms with Crippen LogP contribution in [0.5, 0.6) is 0 Å². The standard InChI is InChI=1S/C16H26N4O/c1-4-7-18-15-11-17-8-6-14(15)16(21)20-10-5-9-19(3)12-13(20)2/h6,8,11,13,18H,4-5,7,9-10,12H2,1-3H3. The van der Waals surface area contributed by atoms with E-state index < -0.39 is 0 Å². The molecular formula is C16H26N4O. The van der Waals surface area contributed by atoms with E-state index in [1.807, 2.05) is 11.0 Å². The van der Waals surface area contributed by atoms with Gasteiger partial charge in [0.15, 0.2) is 0 Å². The molecule has 0 saturated carbocycles. The Morgan fingerprint density at radius 3 is 3.05 bits per heavy atom. The van der Waals surface area contributed by atoms with Crippen molar-refractivity contribution in [3.05, 3.63) is 24.0 Å². The quantitative estimate of drug-likeness (QED) is 0.922. The molecule has 1 atom stereocenters. The molecule has 1 aliphatic rings. The Morgan fingerprint density at radius 1 is 1.48 bits per heavy atom. The first-order valence-corrected chi connectivity index (χ1v) is 7.81. The molecule has 0 radical (unpaired) electrons. The number of carbonyl (C=O) groups excluding carboxylic acids is 1. The molecule has 2 rings (SSSR count). The third-order valence-electron chi connectivity index (χ3n) is 3.92. The van der Waals surface area contributed by atoms with E-state index in [1.54, 1.807) is 12.4 Å². The van der Waals surface area contributed by atoms with Gasteiger partial charge in [-0.15, -0.1) is 0 Å². The molecule has 1 unspecified atom stereocenters. The van der Waals surface area contributed by atoms with Crippen molar-refractivity contribution >= 4 is 11.6 Å². The van der Waals surface area contributed by atoms with Crippen LogP contribution in [-0.2, 0) is 0 Å². The van der Waals surface area contributed by atoms with Crippen molar-refractivity contribution < 1.29 is 4.79 Å². The third kappa shape index (κ3) is 3.94. The van der Waals surface area contributed by atoms with Gasteiger partial charge in [-0.3, -0.25) is 9.78 Å². The van der Waals surface area contributed by atoms with Crippen LogP contribution in [0.25, 0.3) is 0 Å². The molecule has 5 nitrogen and oxygen atoms in total. The van der Waals surface area contributed by atoms with Crippen molar-refractivity contribution in [3.8, 4) is 0 Å². The largest absolute Gasteiger partial charge is 0.383 e. The molecule has 1 aromatic heterocycles. The van der Waals surface area contributed by atoms with Crippen LogP contribution in [0.2, 0.25) is 0 Å². The van der Waals surface area contributed by atoms with Gasteiger partial charge in [-0.05, 0) is 39.4 Å². The van der Waals surface area contributed by atoms with Crippen LogP contribution < -0.4 is 5.32 Å². The Morgan fingerprint density at radius 2 is 2.29 bits per heavy atom. The lowest BCUT2D eigenvalue weighted by molar-refractivity contribution is 0.0697. The number of amides is 1. The predicted octanol–water partition coefficient (Wildman–Crippen LogP) is 2.07. The summed E-state index contributed by atoms with van der Waals surface area (Å²) in [4.78, 5) is 21.3. The van der Waals surface area contributed by atoms with Crippen LogP contribution >= 0.6 is 0 Å². The molecule has 1 amide bonds. The lowest BCUT2D eigenvalue weighted by Gasteiger charge is -2.28. The maximum absolute atomic E-state index is 12.9. The van der Waals surface area contributed by atoms with E-state index in [0.29, 0.717) is 0 Å². The summed E-state index contributed by atoms with van der Waals surface area (Å²) >= 11 is 0. The van der Waals surface area contributed by atoms with Crippen LogP contribution in [0.3, 0.4) is 0 Å². The van der Waals surface area contributed by atoms with Crippen molar-refractivity contribution in [1.29, 1.82) is 0 Å². The zero-order chi connectivity index (χ0) is 15.2. The van der Waals surface area contributed by atoms with Crippen LogP contribution in [0.1, 0.15) is 37.0 Å². The summed E-state index contributed by atoms with van der Waals surface area (Å²) in [5, 5.41) is 3.30. The molecular weight excluding hydrogens is 264 g/mol. The number of aromatic nitrogens is 1. The lowest BCUT2D eigenvalue weighted by Crippen LogP contribution is -2.42. The fraction of sp³-hybridized carbons (Fsp3) is 0.625. The second kappa shape index (κ2) is 7.41. The number of likely N-dealkylation sites (N-methyl/N-ethyl adjacent to an activating group) is 1. The van der Waals surface area contributed by atoms with Crippen LogP contribution in [-0.4, -0.2) is 60.0 Å². The molecule has 1 aromatic rings. The number of rotatable bonds is 4. The first kappa shape index (κ1) is 15.8. The van der Waals surface area contributed by atoms with Gasteiger partial charge in [-0.25, -0.2) is 0 Å². The zero-order valence-electron chi connectivity index (χ0n) is 13.3. The molecule has 2 heterocycles. The molecule has 0 aliphatic carbocycles. The van der Waals surface area contributed by atoms with Crippen LogP contribution in [0.15, 0.2) is 18.5 Å². The second-order valence-corrected chi connectivity index (χ2v) is 5.81. The van der Waals surface area contributed by atoms with Gasteiger partial charge in [0.25, 0.3) is 5.91 Å². The monoisotopic (exact) mass is 290 g/mol. The normalized spacial score (nSPS) is 20.1. The van der Waals surface area contributed by atoms with Crippen molar-refractivity contribution in [3.63, 3.8) is 0 Å². The van der Waals surface area contributed by atoms with Gasteiger partial charge < -0.3 is 15.1 Å². The second-order valence-electron chi connectivity index (χ2n) is 5.81. The number of carbonyl (C=O) groups is 1. The van der Waals surface area contributed by atoms with Gasteiger partial charge in [0, 0.05) is 31.9 Å². The minimum absolute atomic E-state index is 0.110. The minimum Gasteiger partial charge on any atom is -0.383 e. The number of hydrogen-bond acceptors (Lipinski definition) is 4. The molecule has 1 fully saturated rings. The third-order valence-corrected chi connectivity index (χ3v) is 3.92. The average molecular weight is 290 g/mol. The summed E-state index contributed by atoms with van der Waals surface area (Å²) in [6, 6.07) is 2.05. The molecule has 0 spiro atoms. The van der Waals surface area contributed by atoms with Crippen LogP contribution in [0.4, 0.5) is 5.69 Å². The first-order chi connectivity index (χ1) is 10.1. The minimum atomic E-state index is 0.110. The zero-order valence-corrected chi connectivity index (χ0v) is 13.3. The Bertz CT molecular complexity index is 477. The van der Waals surface area contributed by atoms with Crippen molar-refractivity contribution in [2.45, 2.75) is 32.7 Å². The summed E-state index contributed by atoms with van der Waals surface area (Å²) < 4.78 is 0. The molecule has 1 aliphatic heterocycles. The molecule has 0 bridgehead atoms. The van der Waals surface area contributed by atoms with E-state index >= 15 is 0 Å². The van der Waals surface area contributed by atoms with Gasteiger partial charge in [0.2, 0.25) is 0 Å². The number of nitrogens with zero attached hydrogens (tertiary/aromatic N) is 3. The molecule has 0 aromatic carbocycles. The van der Waals surface area contributed by atoms with Gasteiger partial charge in [0.1, 0.15) is 0 Å². The Kier molecular flexibility index (Phi) is 5.56. The van der Waals surface area contributed by atoms with Crippen molar-refractivity contribution in [1.82, 2.24) is 14.8 Å². The highest BCUT2D eigenvalue weighted by Crippen LogP contribution is 2.19. The number of hydrogen-bond donors (Lipinski definition) is 1. The molecule has 21 heavy (non-hydrogen) atoms. The number of pyridine rings is 1. The predicted molar refractivity (Wildman–Crippen MR) is 85.6 cm³/mol.